The lowest BCUT2D eigenvalue weighted by atomic mass is 10.0. The minimum absolute atomic E-state index is 0.115. The van der Waals surface area contributed by atoms with Crippen LogP contribution < -0.4 is 0 Å². The molecule has 3 rings (SSSR count). The molecule has 0 bridgehead atoms. The van der Waals surface area contributed by atoms with E-state index in [0.29, 0.717) is 6.42 Å². The van der Waals surface area contributed by atoms with Crippen LogP contribution in [0.1, 0.15) is 13.3 Å². The Bertz CT molecular complexity index is 749. The number of benzene rings is 3. The molecule has 3 aromatic rings. The minimum Gasteiger partial charge on any atom is -0.273 e. The molecule has 4 heteroatoms. The Labute approximate surface area is 131 Å². The Morgan fingerprint density at radius 2 is 1.18 bits per heavy atom. The molecule has 3 aromatic carbocycles. The predicted molar refractivity (Wildman–Crippen MR) is 92.5 cm³/mol. The summed E-state index contributed by atoms with van der Waals surface area (Å²) in [7, 11) is -2.00. The highest BCUT2D eigenvalue weighted by atomic mass is 32.2. The van der Waals surface area contributed by atoms with Gasteiger partial charge in [0, 0.05) is 0 Å². The van der Waals surface area contributed by atoms with Crippen molar-refractivity contribution in [2.45, 2.75) is 13.3 Å². The van der Waals surface area contributed by atoms with Gasteiger partial charge in [-0.15, -0.1) is 0 Å². The van der Waals surface area contributed by atoms with E-state index < -0.39 is 10.1 Å². The zero-order chi connectivity index (χ0) is 16.0. The minimum atomic E-state index is -3.17. The molecule has 22 heavy (non-hydrogen) atoms. The third kappa shape index (κ3) is 4.29. The van der Waals surface area contributed by atoms with Gasteiger partial charge in [0.2, 0.25) is 0 Å². The van der Waals surface area contributed by atoms with E-state index in [1.807, 2.05) is 0 Å². The molecule has 0 fully saturated rings. The van der Waals surface area contributed by atoms with Crippen molar-refractivity contribution in [3.8, 4) is 0 Å². The highest BCUT2D eigenvalue weighted by Crippen LogP contribution is 2.21. The van der Waals surface area contributed by atoms with Crippen molar-refractivity contribution in [3.05, 3.63) is 60.7 Å². The maximum absolute atomic E-state index is 10.4. The molecule has 0 aromatic heterocycles. The lowest BCUT2D eigenvalue weighted by Gasteiger charge is -2.00. The molecule has 0 aliphatic heterocycles. The fourth-order valence-electron chi connectivity index (χ4n) is 2.22. The van der Waals surface area contributed by atoms with Gasteiger partial charge < -0.3 is 0 Å². The topological polar surface area (TPSA) is 43.4 Å². The van der Waals surface area contributed by atoms with Crippen molar-refractivity contribution < 1.29 is 12.6 Å². The Kier molecular flexibility index (Phi) is 5.52. The van der Waals surface area contributed by atoms with Crippen LogP contribution in [0.15, 0.2) is 60.7 Å². The Hall–Kier alpha value is -1.91. The van der Waals surface area contributed by atoms with E-state index in [-0.39, 0.29) is 5.75 Å². The van der Waals surface area contributed by atoms with Gasteiger partial charge in [-0.3, -0.25) is 4.18 Å². The summed E-state index contributed by atoms with van der Waals surface area (Å²) >= 11 is 0. The maximum atomic E-state index is 10.4. The van der Waals surface area contributed by atoms with Crippen molar-refractivity contribution in [3.63, 3.8) is 0 Å². The molecular formula is C18H20O3S. The van der Waals surface area contributed by atoms with E-state index in [2.05, 4.69) is 64.8 Å². The van der Waals surface area contributed by atoms with E-state index >= 15 is 0 Å². The molecule has 3 nitrogen and oxygen atoms in total. The van der Waals surface area contributed by atoms with Crippen LogP contribution in [0.4, 0.5) is 0 Å². The van der Waals surface area contributed by atoms with Crippen molar-refractivity contribution in [1.82, 2.24) is 0 Å². The molecule has 0 radical (unpaired) electrons. The van der Waals surface area contributed by atoms with Crippen LogP contribution in [0, 0.1) is 0 Å². The van der Waals surface area contributed by atoms with Gasteiger partial charge in [0.1, 0.15) is 0 Å². The normalized spacial score (nSPS) is 11.2. The molecular weight excluding hydrogens is 296 g/mol. The van der Waals surface area contributed by atoms with Gasteiger partial charge in [0.25, 0.3) is 10.1 Å². The first-order valence-electron chi connectivity index (χ1n) is 7.21. The lowest BCUT2D eigenvalue weighted by molar-refractivity contribution is 0.397. The average Bonchev–Trinajstić information content (AvgIpc) is 2.53. The van der Waals surface area contributed by atoms with E-state index in [0.717, 1.165) is 0 Å². The smallest absolute Gasteiger partial charge is 0.267 e. The largest absolute Gasteiger partial charge is 0.273 e. The van der Waals surface area contributed by atoms with Crippen molar-refractivity contribution in [2.75, 3.05) is 12.9 Å². The summed E-state index contributed by atoms with van der Waals surface area (Å²) < 4.78 is 24.9. The molecule has 0 spiro atoms. The van der Waals surface area contributed by atoms with Gasteiger partial charge >= 0.3 is 0 Å². The van der Waals surface area contributed by atoms with Crippen LogP contribution in [0.25, 0.3) is 21.5 Å². The Balaban J connectivity index is 0.000000192. The summed E-state index contributed by atoms with van der Waals surface area (Å²) in [6.45, 7) is 1.79. The van der Waals surface area contributed by atoms with E-state index in [9.17, 15) is 8.42 Å². The van der Waals surface area contributed by atoms with Crippen LogP contribution in [-0.4, -0.2) is 21.3 Å². The first-order chi connectivity index (χ1) is 10.6. The van der Waals surface area contributed by atoms with Crippen LogP contribution >= 0.6 is 0 Å². The summed E-state index contributed by atoms with van der Waals surface area (Å²) in [5, 5.41) is 5.25. The molecule has 0 aliphatic rings. The maximum Gasteiger partial charge on any atom is 0.267 e. The molecule has 0 atom stereocenters. The summed E-state index contributed by atoms with van der Waals surface area (Å²) in [5.74, 6) is 0.115. The Morgan fingerprint density at radius 3 is 1.41 bits per heavy atom. The predicted octanol–water partition coefficient (Wildman–Crippen LogP) is 4.37. The monoisotopic (exact) mass is 316 g/mol. The molecule has 0 heterocycles. The van der Waals surface area contributed by atoms with Crippen molar-refractivity contribution in [2.24, 2.45) is 0 Å². The van der Waals surface area contributed by atoms with Crippen LogP contribution in [0.5, 0.6) is 0 Å². The van der Waals surface area contributed by atoms with E-state index in [1.54, 1.807) is 6.92 Å². The zero-order valence-electron chi connectivity index (χ0n) is 12.8. The number of rotatable bonds is 3. The number of hydrogen-bond acceptors (Lipinski definition) is 3. The summed E-state index contributed by atoms with van der Waals surface area (Å²) in [5.41, 5.74) is 0. The second-order valence-corrected chi connectivity index (χ2v) is 6.83. The molecule has 0 aliphatic carbocycles. The SMILES string of the molecule is CCCS(=O)(=O)OC.c1ccc2cc3ccccc3cc2c1. The Morgan fingerprint density at radius 1 is 0.818 bits per heavy atom. The number of fused-ring (bicyclic) bond motifs is 2. The lowest BCUT2D eigenvalue weighted by Crippen LogP contribution is -2.05. The van der Waals surface area contributed by atoms with E-state index in [4.69, 9.17) is 0 Å². The standard InChI is InChI=1S/C14H10.C4H10O3S/c1-2-6-12-10-14-8-4-3-7-13(14)9-11(12)5-1;1-3-4-8(5,6)7-2/h1-10H;3-4H2,1-2H3. The summed E-state index contributed by atoms with van der Waals surface area (Å²) in [6, 6.07) is 21.4. The average molecular weight is 316 g/mol. The first-order valence-corrected chi connectivity index (χ1v) is 8.79. The fourth-order valence-corrected chi connectivity index (χ4v) is 2.88. The third-order valence-corrected chi connectivity index (χ3v) is 4.74. The number of hydrogen-bond donors (Lipinski definition) is 0. The van der Waals surface area contributed by atoms with Crippen LogP contribution in [0.2, 0.25) is 0 Å². The van der Waals surface area contributed by atoms with Gasteiger partial charge in [0.05, 0.1) is 12.9 Å². The molecule has 0 saturated heterocycles. The van der Waals surface area contributed by atoms with Crippen LogP contribution in [0.3, 0.4) is 0 Å². The van der Waals surface area contributed by atoms with Gasteiger partial charge in [0.15, 0.2) is 0 Å². The second-order valence-electron chi connectivity index (χ2n) is 4.97. The van der Waals surface area contributed by atoms with Crippen molar-refractivity contribution in [1.29, 1.82) is 0 Å². The van der Waals surface area contributed by atoms with Gasteiger partial charge in [-0.1, -0.05) is 55.5 Å². The molecule has 0 N–H and O–H groups in total. The van der Waals surface area contributed by atoms with Gasteiger partial charge in [-0.05, 0) is 40.1 Å². The highest BCUT2D eigenvalue weighted by molar-refractivity contribution is 7.86. The van der Waals surface area contributed by atoms with Crippen molar-refractivity contribution >= 4 is 31.7 Å². The van der Waals surface area contributed by atoms with Gasteiger partial charge in [-0.2, -0.15) is 8.42 Å². The molecule has 0 unspecified atom stereocenters. The second kappa shape index (κ2) is 7.38. The van der Waals surface area contributed by atoms with Gasteiger partial charge in [-0.25, -0.2) is 0 Å². The fraction of sp³-hybridized carbons (Fsp3) is 0.222. The van der Waals surface area contributed by atoms with Crippen LogP contribution in [-0.2, 0) is 14.3 Å². The molecule has 0 amide bonds. The summed E-state index contributed by atoms with van der Waals surface area (Å²) in [4.78, 5) is 0. The zero-order valence-corrected chi connectivity index (χ0v) is 13.6. The summed E-state index contributed by atoms with van der Waals surface area (Å²) in [6.07, 6.45) is 0.607. The van der Waals surface area contributed by atoms with E-state index in [1.165, 1.54) is 28.7 Å². The molecule has 116 valence electrons. The first kappa shape index (κ1) is 16.5. The highest BCUT2D eigenvalue weighted by Gasteiger charge is 2.03. The molecule has 0 saturated carbocycles. The quantitative estimate of drug-likeness (QED) is 0.532. The third-order valence-electron chi connectivity index (χ3n) is 3.32.